The second-order valence-electron chi connectivity index (χ2n) is 1.78. The van der Waals surface area contributed by atoms with E-state index in [4.69, 9.17) is 17.5 Å². The van der Waals surface area contributed by atoms with Crippen LogP contribution < -0.4 is 4.18 Å². The maximum Gasteiger partial charge on any atom is 0.394 e. The number of hydrogen-bond donors (Lipinski definition) is 2. The quantitative estimate of drug-likeness (QED) is 0.502. The summed E-state index contributed by atoms with van der Waals surface area (Å²) in [5.41, 5.74) is 0. The van der Waals surface area contributed by atoms with E-state index in [1.165, 1.54) is 18.6 Å². The summed E-state index contributed by atoms with van der Waals surface area (Å²) in [6.07, 6.45) is 3.96. The van der Waals surface area contributed by atoms with Crippen LogP contribution in [0.2, 0.25) is 0 Å². The zero-order chi connectivity index (χ0) is 11.9. The summed E-state index contributed by atoms with van der Waals surface area (Å²) >= 11 is -2.57. The zero-order valence-electron chi connectivity index (χ0n) is 6.88. The molecule has 1 aromatic rings. The first kappa shape index (κ1) is 13.9. The third-order valence-electron chi connectivity index (χ3n) is 0.693. The zero-order valence-corrected chi connectivity index (χ0v) is 8.51. The van der Waals surface area contributed by atoms with Crippen molar-refractivity contribution in [1.29, 1.82) is 0 Å². The van der Waals surface area contributed by atoms with E-state index in [0.717, 1.165) is 0 Å². The molecule has 0 radical (unpaired) electrons. The van der Waals surface area contributed by atoms with Gasteiger partial charge in [0.05, 0.1) is 6.20 Å². The van der Waals surface area contributed by atoms with Crippen molar-refractivity contribution < 1.29 is 30.5 Å². The Labute approximate surface area is 87.2 Å². The summed E-state index contributed by atoms with van der Waals surface area (Å²) in [6.45, 7) is 0. The van der Waals surface area contributed by atoms with E-state index in [2.05, 4.69) is 14.2 Å². The summed E-state index contributed by atoms with van der Waals surface area (Å²) < 4.78 is 55.5. The molecule has 0 aromatic carbocycles. The van der Waals surface area contributed by atoms with Crippen LogP contribution in [-0.4, -0.2) is 36.3 Å². The fraction of sp³-hybridized carbons (Fsp3) is 0. The minimum atomic E-state index is -4.67. The Kier molecular flexibility index (Phi) is 5.88. The van der Waals surface area contributed by atoms with Gasteiger partial charge in [0, 0.05) is 12.4 Å². The van der Waals surface area contributed by atoms with Gasteiger partial charge in [-0.15, -0.1) is 0 Å². The number of hydrogen-bond acceptors (Lipinski definition) is 7. The number of aromatic nitrogens is 2. The second kappa shape index (κ2) is 6.36. The molecule has 0 fully saturated rings. The van der Waals surface area contributed by atoms with Crippen molar-refractivity contribution in [3.05, 3.63) is 18.6 Å². The van der Waals surface area contributed by atoms with E-state index in [1.54, 1.807) is 0 Å². The summed E-state index contributed by atoms with van der Waals surface area (Å²) in [5, 5.41) is 0. The van der Waals surface area contributed by atoms with E-state index in [0.29, 0.717) is 0 Å². The molecular weight excluding hydrogens is 252 g/mol. The Bertz CT molecular complexity index is 396. The van der Waals surface area contributed by atoms with E-state index in [1.807, 2.05) is 0 Å². The molecule has 1 unspecified atom stereocenters. The molecule has 0 aliphatic heterocycles. The lowest BCUT2D eigenvalue weighted by atomic mass is 10.7. The van der Waals surface area contributed by atoms with Crippen molar-refractivity contribution in [2.24, 2.45) is 0 Å². The molecule has 0 spiro atoms. The molecule has 11 heteroatoms. The molecule has 1 rings (SSSR count). The standard InChI is InChI=1S/C4H4N2O3S.H2O4S/c7-10(8)9-4-3-5-1-2-6-4;1-5(2,3)4/h1-3H,(H,7,8);(H2,1,2,3,4)/p-1. The third kappa shape index (κ3) is 12.9. The lowest BCUT2D eigenvalue weighted by Gasteiger charge is -2.03. The van der Waals surface area contributed by atoms with Crippen molar-refractivity contribution in [3.8, 4) is 5.88 Å². The maximum atomic E-state index is 9.88. The third-order valence-corrected chi connectivity index (χ3v) is 1.000. The van der Waals surface area contributed by atoms with Gasteiger partial charge in [0.1, 0.15) is 11.4 Å². The van der Waals surface area contributed by atoms with Gasteiger partial charge in [0.25, 0.3) is 0 Å². The molecule has 0 amide bonds. The highest BCUT2D eigenvalue weighted by molar-refractivity contribution is 7.79. The molecule has 0 saturated carbocycles. The van der Waals surface area contributed by atoms with Gasteiger partial charge in [-0.1, -0.05) is 0 Å². The lowest BCUT2D eigenvalue weighted by Crippen LogP contribution is -1.99. The summed E-state index contributed by atoms with van der Waals surface area (Å²) in [5.74, 6) is -0.0316. The largest absolute Gasteiger partial charge is 0.740 e. The summed E-state index contributed by atoms with van der Waals surface area (Å²) in [7, 11) is -4.67. The van der Waals surface area contributed by atoms with Crippen molar-refractivity contribution >= 4 is 21.8 Å². The monoisotopic (exact) mass is 257 g/mol. The Morgan fingerprint density at radius 1 is 1.40 bits per heavy atom. The lowest BCUT2D eigenvalue weighted by molar-refractivity contribution is 0.380. The van der Waals surface area contributed by atoms with Gasteiger partial charge in [-0.2, -0.15) is 8.42 Å². The van der Waals surface area contributed by atoms with Crippen LogP contribution in [0.3, 0.4) is 0 Å². The molecule has 1 aromatic heterocycles. The molecule has 0 saturated heterocycles. The topological polar surface area (TPSA) is 150 Å². The first-order valence-electron chi connectivity index (χ1n) is 3.02. The summed E-state index contributed by atoms with van der Waals surface area (Å²) in [4.78, 5) is 7.12. The number of rotatable bonds is 2. The minimum Gasteiger partial charge on any atom is -0.740 e. The molecule has 1 heterocycles. The molecule has 0 aliphatic carbocycles. The molecular formula is C4H5N2O7S2-. The van der Waals surface area contributed by atoms with Gasteiger partial charge in [-0.05, 0) is 0 Å². The van der Waals surface area contributed by atoms with Crippen LogP contribution in [-0.2, 0) is 21.8 Å². The van der Waals surface area contributed by atoms with Gasteiger partial charge in [0.15, 0.2) is 0 Å². The molecule has 0 aliphatic rings. The fourth-order valence-corrected chi connectivity index (χ4v) is 0.624. The maximum absolute atomic E-state index is 9.88. The Balaban J connectivity index is 0.000000336. The minimum absolute atomic E-state index is 0.0316. The van der Waals surface area contributed by atoms with Gasteiger partial charge < -0.3 is 8.74 Å². The highest BCUT2D eigenvalue weighted by Gasteiger charge is 1.90. The molecule has 2 N–H and O–H groups in total. The first-order valence-corrected chi connectivity index (χ1v) is 5.42. The van der Waals surface area contributed by atoms with Crippen molar-refractivity contribution in [3.63, 3.8) is 0 Å². The van der Waals surface area contributed by atoms with Crippen LogP contribution in [0.4, 0.5) is 0 Å². The summed E-state index contributed by atoms with van der Waals surface area (Å²) in [6, 6.07) is 0. The smallest absolute Gasteiger partial charge is 0.394 e. The SMILES string of the molecule is O=S(=O)(O)O.O=S([O-])Oc1cnccn1. The Morgan fingerprint density at radius 2 is 1.93 bits per heavy atom. The van der Waals surface area contributed by atoms with Gasteiger partial charge >= 0.3 is 10.4 Å². The average molecular weight is 257 g/mol. The highest BCUT2D eigenvalue weighted by Crippen LogP contribution is 2.00. The molecule has 9 nitrogen and oxygen atoms in total. The molecule has 1 atom stereocenters. The van der Waals surface area contributed by atoms with Gasteiger partial charge in [-0.3, -0.25) is 14.1 Å². The van der Waals surface area contributed by atoms with Crippen molar-refractivity contribution in [2.45, 2.75) is 0 Å². The predicted octanol–water partition coefficient (Wildman–Crippen LogP) is -1.00. The molecule has 15 heavy (non-hydrogen) atoms. The van der Waals surface area contributed by atoms with Crippen LogP contribution in [0.15, 0.2) is 18.6 Å². The highest BCUT2D eigenvalue weighted by atomic mass is 32.3. The van der Waals surface area contributed by atoms with E-state index in [9.17, 15) is 8.76 Å². The Morgan fingerprint density at radius 3 is 2.27 bits per heavy atom. The van der Waals surface area contributed by atoms with Crippen LogP contribution in [0.1, 0.15) is 0 Å². The van der Waals surface area contributed by atoms with E-state index >= 15 is 0 Å². The fourth-order valence-electron chi connectivity index (χ4n) is 0.398. The average Bonchev–Trinajstić information content (AvgIpc) is 2.01. The van der Waals surface area contributed by atoms with Gasteiger partial charge in [-0.25, -0.2) is 9.19 Å². The normalized spacial score (nSPS) is 12.2. The van der Waals surface area contributed by atoms with Crippen LogP contribution in [0.25, 0.3) is 0 Å². The van der Waals surface area contributed by atoms with Gasteiger partial charge in [0.2, 0.25) is 5.88 Å². The van der Waals surface area contributed by atoms with Crippen LogP contribution >= 0.6 is 0 Å². The van der Waals surface area contributed by atoms with E-state index < -0.39 is 21.8 Å². The van der Waals surface area contributed by atoms with Crippen LogP contribution in [0.5, 0.6) is 5.88 Å². The van der Waals surface area contributed by atoms with Crippen LogP contribution in [0, 0.1) is 0 Å². The molecule has 86 valence electrons. The first-order chi connectivity index (χ1) is 6.79. The second-order valence-corrected chi connectivity index (χ2v) is 3.25. The molecule has 0 bridgehead atoms. The van der Waals surface area contributed by atoms with Crippen molar-refractivity contribution in [2.75, 3.05) is 0 Å². The Hall–Kier alpha value is -1.14. The van der Waals surface area contributed by atoms with Crippen molar-refractivity contribution in [1.82, 2.24) is 9.97 Å². The number of nitrogens with zero attached hydrogens (tertiary/aromatic N) is 2. The predicted molar refractivity (Wildman–Crippen MR) is 45.8 cm³/mol. The van der Waals surface area contributed by atoms with E-state index in [-0.39, 0.29) is 5.88 Å².